The molecule has 0 fully saturated rings. The maximum atomic E-state index is 7.08. The third kappa shape index (κ3) is 3.41. The van der Waals surface area contributed by atoms with E-state index in [1.807, 2.05) is 24.4 Å². The Kier molecular flexibility index (Phi) is 5.17. The van der Waals surface area contributed by atoms with Crippen LogP contribution in [0.1, 0.15) is 12.5 Å². The highest BCUT2D eigenvalue weighted by molar-refractivity contribution is 6.33. The molecule has 10 rings (SSSR count). The fourth-order valence-electron chi connectivity index (χ4n) is 7.48. The van der Waals surface area contributed by atoms with E-state index >= 15 is 0 Å². The summed E-state index contributed by atoms with van der Waals surface area (Å²) in [5.41, 5.74) is 9.29. The van der Waals surface area contributed by atoms with Gasteiger partial charge in [-0.3, -0.25) is 0 Å². The molecule has 46 heavy (non-hydrogen) atoms. The third-order valence-corrected chi connectivity index (χ3v) is 9.41. The van der Waals surface area contributed by atoms with Crippen molar-refractivity contribution in [2.45, 2.75) is 6.92 Å². The molecule has 10 aromatic rings. The van der Waals surface area contributed by atoms with Gasteiger partial charge in [-0.15, -0.1) is 0 Å². The highest BCUT2D eigenvalue weighted by Crippen LogP contribution is 2.46. The van der Waals surface area contributed by atoms with E-state index in [1.165, 1.54) is 32.5 Å². The second-order valence-corrected chi connectivity index (χ2v) is 12.0. The van der Waals surface area contributed by atoms with Gasteiger partial charge in [0.25, 0.3) is 0 Å². The van der Waals surface area contributed by atoms with Gasteiger partial charge in [0.2, 0.25) is 0 Å². The maximum Gasteiger partial charge on any atom is 0.160 e. The fraction of sp³-hybridized carbons (Fsp3) is 0.0238. The molecule has 4 heterocycles. The maximum absolute atomic E-state index is 7.08. The minimum atomic E-state index is 0.903. The zero-order chi connectivity index (χ0) is 30.4. The Balaban J connectivity index is 1.34. The predicted molar refractivity (Wildman–Crippen MR) is 192 cm³/mol. The van der Waals surface area contributed by atoms with Crippen LogP contribution >= 0.6 is 0 Å². The van der Waals surface area contributed by atoms with Gasteiger partial charge in [-0.05, 0) is 65.0 Å². The quantitative estimate of drug-likeness (QED) is 0.192. The van der Waals surface area contributed by atoms with E-state index in [9.17, 15) is 0 Å². The van der Waals surface area contributed by atoms with Crippen molar-refractivity contribution in [3.05, 3.63) is 145 Å². The summed E-state index contributed by atoms with van der Waals surface area (Å²) in [5, 5.41) is 9.47. The molecule has 0 spiro atoms. The molecule has 4 heteroatoms. The Hall–Kier alpha value is -6.13. The van der Waals surface area contributed by atoms with Gasteiger partial charge in [-0.1, -0.05) is 97.1 Å². The minimum absolute atomic E-state index is 0.903. The number of rotatable bonds is 3. The number of hydrogen-bond donors (Lipinski definition) is 0. The first-order valence-corrected chi connectivity index (χ1v) is 15.7. The molecule has 0 saturated carbocycles. The predicted octanol–water partition coefficient (Wildman–Crippen LogP) is 11.3. The number of allylic oxidation sites excluding steroid dienone is 1. The fourth-order valence-corrected chi connectivity index (χ4v) is 7.48. The van der Waals surface area contributed by atoms with Crippen molar-refractivity contribution in [2.75, 3.05) is 0 Å². The molecule has 0 atom stereocenters. The highest BCUT2D eigenvalue weighted by atomic mass is 16.3. The zero-order valence-electron chi connectivity index (χ0n) is 25.1. The second-order valence-electron chi connectivity index (χ2n) is 12.0. The molecule has 0 amide bonds. The van der Waals surface area contributed by atoms with Crippen molar-refractivity contribution < 1.29 is 4.42 Å². The Morgan fingerprint density at radius 2 is 1.33 bits per heavy atom. The lowest BCUT2D eigenvalue weighted by atomic mass is 9.95. The van der Waals surface area contributed by atoms with Crippen LogP contribution in [0, 0.1) is 0 Å². The standard InChI is InChI=1S/C42H27N3O/c1-2-11-27-24-34-39-31-14-5-3-12-29(31)30-13-4-6-15-32(30)41(39)46-42(34)40-38(27)33-16-7-8-17-36(33)45(40)28-21-19-26(20-22-28)35-25-44-23-10-9-18-37(44)43-35/h2-25H,1H3/b11-2+. The molecule has 0 aliphatic carbocycles. The number of benzene rings is 6. The van der Waals surface area contributed by atoms with Crippen LogP contribution in [0.15, 0.2) is 144 Å². The largest absolute Gasteiger partial charge is 0.453 e. The summed E-state index contributed by atoms with van der Waals surface area (Å²) in [6.07, 6.45) is 8.48. The average Bonchev–Trinajstić information content (AvgIpc) is 3.81. The number of nitrogens with zero attached hydrogens (tertiary/aromatic N) is 3. The first kappa shape index (κ1) is 25.2. The van der Waals surface area contributed by atoms with Crippen molar-refractivity contribution in [3.8, 4) is 16.9 Å². The van der Waals surface area contributed by atoms with Crippen LogP contribution in [0.5, 0.6) is 0 Å². The van der Waals surface area contributed by atoms with Crippen LogP contribution in [0.3, 0.4) is 0 Å². The number of furan rings is 1. The lowest BCUT2D eigenvalue weighted by Crippen LogP contribution is -1.94. The van der Waals surface area contributed by atoms with Crippen molar-refractivity contribution >= 4 is 77.0 Å². The van der Waals surface area contributed by atoms with Gasteiger partial charge in [-0.2, -0.15) is 0 Å². The minimum Gasteiger partial charge on any atom is -0.453 e. The number of fused-ring (bicyclic) bond motifs is 13. The van der Waals surface area contributed by atoms with Crippen LogP contribution in [0.4, 0.5) is 0 Å². The molecule has 0 aliphatic rings. The molecule has 0 N–H and O–H groups in total. The Bertz CT molecular complexity index is 2830. The summed E-state index contributed by atoms with van der Waals surface area (Å²) in [4.78, 5) is 4.86. The van der Waals surface area contributed by atoms with Crippen LogP contribution < -0.4 is 0 Å². The molecule has 4 nitrogen and oxygen atoms in total. The van der Waals surface area contributed by atoms with Gasteiger partial charge in [0.1, 0.15) is 11.2 Å². The first-order valence-electron chi connectivity index (χ1n) is 15.7. The lowest BCUT2D eigenvalue weighted by molar-refractivity contribution is 0.675. The topological polar surface area (TPSA) is 35.4 Å². The molecule has 216 valence electrons. The molecule has 0 bridgehead atoms. The Morgan fingerprint density at radius 3 is 2.11 bits per heavy atom. The van der Waals surface area contributed by atoms with E-state index in [4.69, 9.17) is 9.40 Å². The third-order valence-electron chi connectivity index (χ3n) is 9.41. The van der Waals surface area contributed by atoms with E-state index in [0.29, 0.717) is 0 Å². The first-order chi connectivity index (χ1) is 22.8. The zero-order valence-corrected chi connectivity index (χ0v) is 25.1. The Morgan fingerprint density at radius 1 is 0.630 bits per heavy atom. The van der Waals surface area contributed by atoms with E-state index in [2.05, 4.69) is 137 Å². The summed E-state index contributed by atoms with van der Waals surface area (Å²) >= 11 is 0. The van der Waals surface area contributed by atoms with Crippen molar-refractivity contribution in [1.82, 2.24) is 14.0 Å². The van der Waals surface area contributed by atoms with Crippen molar-refractivity contribution in [3.63, 3.8) is 0 Å². The summed E-state index contributed by atoms with van der Waals surface area (Å²) in [6, 6.07) is 43.1. The summed E-state index contributed by atoms with van der Waals surface area (Å²) < 4.78 is 11.5. The second kappa shape index (κ2) is 9.43. The van der Waals surface area contributed by atoms with Crippen LogP contribution in [0.25, 0.3) is 94.0 Å². The van der Waals surface area contributed by atoms with Gasteiger partial charge in [0.15, 0.2) is 5.58 Å². The molecular weight excluding hydrogens is 562 g/mol. The SMILES string of the molecule is C/C=C/c1cc2c(oc3c4ccccc4c4ccccc4c23)c2c1c1ccccc1n2-c1ccc(-c2cn3ccccc3n2)cc1. The molecule has 0 unspecified atom stereocenters. The molecule has 0 radical (unpaired) electrons. The van der Waals surface area contributed by atoms with Crippen molar-refractivity contribution in [2.24, 2.45) is 0 Å². The van der Waals surface area contributed by atoms with Gasteiger partial charge >= 0.3 is 0 Å². The van der Waals surface area contributed by atoms with Gasteiger partial charge in [0.05, 0.1) is 16.7 Å². The smallest absolute Gasteiger partial charge is 0.160 e. The van der Waals surface area contributed by atoms with Gasteiger partial charge < -0.3 is 13.4 Å². The number of aromatic nitrogens is 3. The number of para-hydroxylation sites is 1. The number of pyridine rings is 1. The van der Waals surface area contributed by atoms with Gasteiger partial charge in [0, 0.05) is 50.6 Å². The molecule has 0 saturated heterocycles. The van der Waals surface area contributed by atoms with E-state index < -0.39 is 0 Å². The van der Waals surface area contributed by atoms with E-state index in [1.54, 1.807) is 0 Å². The molecular formula is C42H27N3O. The number of hydrogen-bond acceptors (Lipinski definition) is 2. The number of imidazole rings is 1. The van der Waals surface area contributed by atoms with Crippen LogP contribution in [0.2, 0.25) is 0 Å². The summed E-state index contributed by atoms with van der Waals surface area (Å²) in [7, 11) is 0. The monoisotopic (exact) mass is 589 g/mol. The Labute approximate surface area is 264 Å². The highest BCUT2D eigenvalue weighted by Gasteiger charge is 2.23. The average molecular weight is 590 g/mol. The van der Waals surface area contributed by atoms with E-state index in [0.717, 1.165) is 61.0 Å². The lowest BCUT2D eigenvalue weighted by Gasteiger charge is -2.09. The van der Waals surface area contributed by atoms with Gasteiger partial charge in [-0.25, -0.2) is 4.98 Å². The van der Waals surface area contributed by atoms with Crippen LogP contribution in [-0.2, 0) is 0 Å². The normalized spacial score (nSPS) is 12.4. The molecule has 4 aromatic heterocycles. The summed E-state index contributed by atoms with van der Waals surface area (Å²) in [5.74, 6) is 0. The van der Waals surface area contributed by atoms with E-state index in [-0.39, 0.29) is 0 Å². The molecule has 6 aromatic carbocycles. The van der Waals surface area contributed by atoms with Crippen LogP contribution in [-0.4, -0.2) is 14.0 Å². The molecule has 0 aliphatic heterocycles. The summed E-state index contributed by atoms with van der Waals surface area (Å²) in [6.45, 7) is 2.09. The van der Waals surface area contributed by atoms with Crippen molar-refractivity contribution in [1.29, 1.82) is 0 Å².